The van der Waals surface area contributed by atoms with Crippen LogP contribution in [-0.2, 0) is 9.53 Å². The molecule has 0 amide bonds. The summed E-state index contributed by atoms with van der Waals surface area (Å²) in [6.45, 7) is -0.729. The third-order valence-corrected chi connectivity index (χ3v) is 2.46. The van der Waals surface area contributed by atoms with E-state index < -0.39 is 49.2 Å². The van der Waals surface area contributed by atoms with Gasteiger partial charge in [-0.25, -0.2) is 0 Å². The summed E-state index contributed by atoms with van der Waals surface area (Å²) in [5.74, 6) is -3.99. The number of hydrogen-bond acceptors (Lipinski definition) is 7. The molecule has 5 atom stereocenters. The maximum absolute atomic E-state index is 10.4. The largest absolute Gasteiger partial charge is 0.481 e. The van der Waals surface area contributed by atoms with Crippen molar-refractivity contribution >= 4 is 5.97 Å². The van der Waals surface area contributed by atoms with Gasteiger partial charge in [0.15, 0.2) is 0 Å². The molecule has 8 heteroatoms. The van der Waals surface area contributed by atoms with Crippen molar-refractivity contribution in [2.24, 2.45) is 0 Å². The molecule has 1 rings (SSSR count). The number of aliphatic carboxylic acids is 1. The van der Waals surface area contributed by atoms with Crippen molar-refractivity contribution in [1.29, 1.82) is 0 Å². The number of aliphatic hydroxyl groups is 5. The van der Waals surface area contributed by atoms with Gasteiger partial charge in [-0.05, 0) is 0 Å². The van der Waals surface area contributed by atoms with Crippen molar-refractivity contribution in [1.82, 2.24) is 0 Å². The van der Waals surface area contributed by atoms with Crippen LogP contribution >= 0.6 is 0 Å². The summed E-state index contributed by atoms with van der Waals surface area (Å²) in [5, 5.41) is 55.0. The zero-order chi connectivity index (χ0) is 12.5. The molecule has 1 aliphatic heterocycles. The first-order valence-electron chi connectivity index (χ1n) is 4.59. The lowest BCUT2D eigenvalue weighted by Gasteiger charge is -2.44. The Kier molecular flexibility index (Phi) is 3.84. The number of carboxylic acids is 1. The Morgan fingerprint density at radius 1 is 1.25 bits per heavy atom. The number of carbonyl (C=O) groups is 1. The van der Waals surface area contributed by atoms with Crippen LogP contribution < -0.4 is 0 Å². The van der Waals surface area contributed by atoms with E-state index >= 15 is 0 Å². The molecule has 0 aromatic heterocycles. The summed E-state index contributed by atoms with van der Waals surface area (Å²) in [6.07, 6.45) is -7.71. The lowest BCUT2D eigenvalue weighted by atomic mass is 9.91. The molecule has 0 radical (unpaired) electrons. The number of hydrogen-bond donors (Lipinski definition) is 6. The van der Waals surface area contributed by atoms with Gasteiger partial charge in [-0.3, -0.25) is 4.79 Å². The van der Waals surface area contributed by atoms with E-state index in [1.54, 1.807) is 0 Å². The van der Waals surface area contributed by atoms with Crippen LogP contribution in [0.5, 0.6) is 0 Å². The number of aliphatic hydroxyl groups excluding tert-OH is 4. The third kappa shape index (κ3) is 2.32. The first-order chi connectivity index (χ1) is 7.31. The molecule has 0 bridgehead atoms. The van der Waals surface area contributed by atoms with Gasteiger partial charge in [0.05, 0.1) is 6.61 Å². The molecule has 6 N–H and O–H groups in total. The van der Waals surface area contributed by atoms with Gasteiger partial charge in [0, 0.05) is 0 Å². The zero-order valence-corrected chi connectivity index (χ0v) is 8.22. The second-order valence-corrected chi connectivity index (χ2v) is 3.68. The van der Waals surface area contributed by atoms with Crippen molar-refractivity contribution < 1.29 is 40.2 Å². The van der Waals surface area contributed by atoms with Crippen molar-refractivity contribution in [3.05, 3.63) is 0 Å². The highest BCUT2D eigenvalue weighted by Gasteiger charge is 2.53. The first-order valence-corrected chi connectivity index (χ1v) is 4.59. The maximum Gasteiger partial charge on any atom is 0.308 e. The molecule has 0 unspecified atom stereocenters. The van der Waals surface area contributed by atoms with Crippen molar-refractivity contribution in [2.45, 2.75) is 36.6 Å². The van der Waals surface area contributed by atoms with Crippen LogP contribution in [0.2, 0.25) is 0 Å². The van der Waals surface area contributed by atoms with Gasteiger partial charge in [-0.1, -0.05) is 0 Å². The molecule has 0 aliphatic carbocycles. The maximum atomic E-state index is 10.4. The summed E-state index contributed by atoms with van der Waals surface area (Å²) in [7, 11) is 0. The van der Waals surface area contributed by atoms with E-state index in [1.165, 1.54) is 0 Å². The minimum atomic E-state index is -2.53. The second kappa shape index (κ2) is 4.62. The van der Waals surface area contributed by atoms with Crippen molar-refractivity contribution in [2.75, 3.05) is 6.61 Å². The Morgan fingerprint density at radius 2 is 1.81 bits per heavy atom. The van der Waals surface area contributed by atoms with Crippen molar-refractivity contribution in [3.63, 3.8) is 0 Å². The molecule has 0 spiro atoms. The second-order valence-electron chi connectivity index (χ2n) is 3.68. The van der Waals surface area contributed by atoms with Crippen LogP contribution in [-0.4, -0.2) is 73.4 Å². The highest BCUT2D eigenvalue weighted by atomic mass is 16.7. The molecule has 1 saturated heterocycles. The highest BCUT2D eigenvalue weighted by molar-refractivity contribution is 5.68. The minimum absolute atomic E-state index is 0.729. The lowest BCUT2D eigenvalue weighted by molar-refractivity contribution is -0.349. The Labute approximate surface area is 90.3 Å². The van der Waals surface area contributed by atoms with E-state index in [0.29, 0.717) is 0 Å². The molecule has 1 aliphatic rings. The predicted molar refractivity (Wildman–Crippen MR) is 47.2 cm³/mol. The Balaban J connectivity index is 2.89. The first kappa shape index (κ1) is 13.3. The molecule has 16 heavy (non-hydrogen) atoms. The summed E-state index contributed by atoms with van der Waals surface area (Å²) in [5.41, 5.74) is 0. The average Bonchev–Trinajstić information content (AvgIpc) is 2.20. The van der Waals surface area contributed by atoms with Crippen molar-refractivity contribution in [3.8, 4) is 0 Å². The fourth-order valence-electron chi connectivity index (χ4n) is 1.58. The van der Waals surface area contributed by atoms with Crippen LogP contribution in [0.4, 0.5) is 0 Å². The molecule has 1 fully saturated rings. The average molecular weight is 238 g/mol. The highest BCUT2D eigenvalue weighted by Crippen LogP contribution is 2.30. The summed E-state index contributed by atoms with van der Waals surface area (Å²) in [4.78, 5) is 10.4. The SMILES string of the molecule is O=C(O)C[C@]1(O)O[C@H](CO)[C@@H](O)[C@H](O)[C@H]1O. The quantitative estimate of drug-likeness (QED) is 0.298. The van der Waals surface area contributed by atoms with E-state index in [2.05, 4.69) is 0 Å². The smallest absolute Gasteiger partial charge is 0.308 e. The molecule has 0 aromatic rings. The summed E-state index contributed by atoms with van der Waals surface area (Å²) in [6, 6.07) is 0. The van der Waals surface area contributed by atoms with Crippen LogP contribution in [0, 0.1) is 0 Å². The topological polar surface area (TPSA) is 148 Å². The van der Waals surface area contributed by atoms with E-state index in [1.807, 2.05) is 0 Å². The lowest BCUT2D eigenvalue weighted by Crippen LogP contribution is -2.65. The van der Waals surface area contributed by atoms with E-state index in [0.717, 1.165) is 0 Å². The van der Waals surface area contributed by atoms with Crippen LogP contribution in [0.1, 0.15) is 6.42 Å². The minimum Gasteiger partial charge on any atom is -0.481 e. The van der Waals surface area contributed by atoms with Gasteiger partial charge in [-0.2, -0.15) is 0 Å². The molecule has 1 heterocycles. The van der Waals surface area contributed by atoms with E-state index in [4.69, 9.17) is 14.9 Å². The predicted octanol–water partition coefficient (Wildman–Crippen LogP) is -3.38. The molecule has 94 valence electrons. The fourth-order valence-corrected chi connectivity index (χ4v) is 1.58. The third-order valence-electron chi connectivity index (χ3n) is 2.46. The Hall–Kier alpha value is -0.770. The zero-order valence-electron chi connectivity index (χ0n) is 8.22. The molecule has 0 aromatic carbocycles. The summed E-state index contributed by atoms with van der Waals surface area (Å²) >= 11 is 0. The monoisotopic (exact) mass is 238 g/mol. The molecular weight excluding hydrogens is 224 g/mol. The molecule has 0 saturated carbocycles. The van der Waals surface area contributed by atoms with Gasteiger partial charge in [0.2, 0.25) is 5.79 Å². The van der Waals surface area contributed by atoms with Crippen LogP contribution in [0.25, 0.3) is 0 Å². The Morgan fingerprint density at radius 3 is 2.25 bits per heavy atom. The standard InChI is InChI=1S/C8H14O8/c9-2-3-5(12)6(13)7(14)8(15,16-3)1-4(10)11/h3,5-7,9,12-15H,1-2H2,(H,10,11)/t3-,5-,6+,7-,8+/m1/s1. The fraction of sp³-hybridized carbons (Fsp3) is 0.875. The van der Waals surface area contributed by atoms with Gasteiger partial charge in [0.25, 0.3) is 0 Å². The van der Waals surface area contributed by atoms with Gasteiger partial charge >= 0.3 is 5.97 Å². The number of ether oxygens (including phenoxy) is 1. The molecule has 8 nitrogen and oxygen atoms in total. The van der Waals surface area contributed by atoms with E-state index in [9.17, 15) is 25.2 Å². The summed E-state index contributed by atoms with van der Waals surface area (Å²) < 4.78 is 4.69. The Bertz CT molecular complexity index is 267. The van der Waals surface area contributed by atoms with Crippen LogP contribution in [0.3, 0.4) is 0 Å². The van der Waals surface area contributed by atoms with Crippen LogP contribution in [0.15, 0.2) is 0 Å². The van der Waals surface area contributed by atoms with Gasteiger partial charge in [0.1, 0.15) is 30.8 Å². The van der Waals surface area contributed by atoms with Gasteiger partial charge < -0.3 is 35.4 Å². The van der Waals surface area contributed by atoms with E-state index in [-0.39, 0.29) is 0 Å². The number of carboxylic acid groups (broad SMARTS) is 1. The molecular formula is C8H14O8. The van der Waals surface area contributed by atoms with Gasteiger partial charge in [-0.15, -0.1) is 0 Å². The normalized spacial score (nSPS) is 44.3. The number of rotatable bonds is 3.